The van der Waals surface area contributed by atoms with Crippen LogP contribution in [0.1, 0.15) is 11.1 Å². The molecule has 2 aromatic rings. The fraction of sp³-hybridized carbons (Fsp3) is 0.200. The molecular formula is C10H8ClFS. The number of hydrogen-bond donors (Lipinski definition) is 0. The van der Waals surface area contributed by atoms with Crippen LogP contribution >= 0.6 is 22.9 Å². The molecule has 0 unspecified atom stereocenters. The summed E-state index contributed by atoms with van der Waals surface area (Å²) in [5, 5.41) is 0.938. The van der Waals surface area contributed by atoms with Crippen LogP contribution in [0.5, 0.6) is 0 Å². The van der Waals surface area contributed by atoms with E-state index in [4.69, 9.17) is 11.6 Å². The van der Waals surface area contributed by atoms with Gasteiger partial charge in [-0.2, -0.15) is 0 Å². The van der Waals surface area contributed by atoms with Crippen LogP contribution < -0.4 is 0 Å². The molecule has 0 saturated heterocycles. The van der Waals surface area contributed by atoms with Gasteiger partial charge in [0.1, 0.15) is 5.82 Å². The van der Waals surface area contributed by atoms with Gasteiger partial charge in [0.15, 0.2) is 0 Å². The average molecular weight is 215 g/mol. The van der Waals surface area contributed by atoms with Gasteiger partial charge in [-0.3, -0.25) is 0 Å². The van der Waals surface area contributed by atoms with Crippen molar-refractivity contribution in [2.75, 3.05) is 0 Å². The maximum atomic E-state index is 13.0. The predicted octanol–water partition coefficient (Wildman–Crippen LogP) is 4.31. The molecule has 13 heavy (non-hydrogen) atoms. The van der Waals surface area contributed by atoms with E-state index in [1.807, 2.05) is 13.8 Å². The topological polar surface area (TPSA) is 0 Å². The van der Waals surface area contributed by atoms with Crippen molar-refractivity contribution in [3.05, 3.63) is 33.4 Å². The second kappa shape index (κ2) is 2.96. The Bertz CT molecular complexity index is 473. The van der Waals surface area contributed by atoms with E-state index < -0.39 is 0 Å². The largest absolute Gasteiger partial charge is 0.207 e. The Labute approximate surface area is 85.0 Å². The minimum Gasteiger partial charge on any atom is -0.207 e. The molecule has 0 amide bonds. The number of aryl methyl sites for hydroxylation is 2. The molecule has 3 heteroatoms. The molecule has 0 saturated carbocycles. The first-order valence-electron chi connectivity index (χ1n) is 3.94. The number of thiophene rings is 1. The van der Waals surface area contributed by atoms with Gasteiger partial charge in [-0.15, -0.1) is 11.3 Å². The van der Waals surface area contributed by atoms with Crippen molar-refractivity contribution in [1.82, 2.24) is 0 Å². The number of halogens is 2. The highest BCUT2D eigenvalue weighted by atomic mass is 35.5. The van der Waals surface area contributed by atoms with Gasteiger partial charge in [-0.1, -0.05) is 11.6 Å². The maximum absolute atomic E-state index is 13.0. The molecule has 0 aliphatic carbocycles. The first kappa shape index (κ1) is 8.97. The van der Waals surface area contributed by atoms with Crippen molar-refractivity contribution in [3.63, 3.8) is 0 Å². The van der Waals surface area contributed by atoms with Gasteiger partial charge in [-0.05, 0) is 37.1 Å². The summed E-state index contributed by atoms with van der Waals surface area (Å²) in [4.78, 5) is 0. The van der Waals surface area contributed by atoms with Crippen LogP contribution in [0.4, 0.5) is 4.39 Å². The van der Waals surface area contributed by atoms with Crippen LogP contribution in [0.15, 0.2) is 12.1 Å². The highest BCUT2D eigenvalue weighted by molar-refractivity contribution is 7.23. The Morgan fingerprint density at radius 3 is 2.69 bits per heavy atom. The van der Waals surface area contributed by atoms with Gasteiger partial charge < -0.3 is 0 Å². The minimum atomic E-state index is -0.192. The van der Waals surface area contributed by atoms with Crippen molar-refractivity contribution in [3.8, 4) is 0 Å². The molecular weight excluding hydrogens is 207 g/mol. The van der Waals surface area contributed by atoms with Gasteiger partial charge in [0.05, 0.1) is 4.34 Å². The zero-order valence-corrected chi connectivity index (χ0v) is 8.89. The van der Waals surface area contributed by atoms with Gasteiger partial charge in [0, 0.05) is 10.1 Å². The van der Waals surface area contributed by atoms with Crippen LogP contribution in [0.2, 0.25) is 4.34 Å². The molecule has 0 radical (unpaired) electrons. The van der Waals surface area contributed by atoms with E-state index in [9.17, 15) is 4.39 Å². The Balaban J connectivity index is 2.94. The molecule has 68 valence electrons. The molecule has 1 aromatic heterocycles. The molecule has 0 N–H and O–H groups in total. The predicted molar refractivity (Wildman–Crippen MR) is 56.3 cm³/mol. The molecule has 0 nitrogen and oxygen atoms in total. The van der Waals surface area contributed by atoms with Gasteiger partial charge >= 0.3 is 0 Å². The second-order valence-electron chi connectivity index (χ2n) is 3.10. The summed E-state index contributed by atoms with van der Waals surface area (Å²) in [7, 11) is 0. The first-order valence-corrected chi connectivity index (χ1v) is 5.14. The van der Waals surface area contributed by atoms with Crippen LogP contribution in [0.3, 0.4) is 0 Å². The molecule has 0 bridgehead atoms. The van der Waals surface area contributed by atoms with E-state index in [1.165, 1.54) is 17.4 Å². The van der Waals surface area contributed by atoms with Crippen molar-refractivity contribution in [2.45, 2.75) is 13.8 Å². The third kappa shape index (κ3) is 1.34. The lowest BCUT2D eigenvalue weighted by molar-refractivity contribution is 0.629. The number of fused-ring (bicyclic) bond motifs is 1. The van der Waals surface area contributed by atoms with E-state index in [0.29, 0.717) is 0 Å². The summed E-state index contributed by atoms with van der Waals surface area (Å²) in [5.74, 6) is -0.192. The van der Waals surface area contributed by atoms with Crippen LogP contribution in [-0.2, 0) is 0 Å². The summed E-state index contributed by atoms with van der Waals surface area (Å²) in [5.41, 5.74) is 1.93. The molecule has 1 aromatic carbocycles. The van der Waals surface area contributed by atoms with Crippen molar-refractivity contribution in [1.29, 1.82) is 0 Å². The normalized spacial score (nSPS) is 11.1. The highest BCUT2D eigenvalue weighted by Crippen LogP contribution is 2.36. The van der Waals surface area contributed by atoms with E-state index in [0.717, 1.165) is 25.5 Å². The van der Waals surface area contributed by atoms with Crippen LogP contribution in [0.25, 0.3) is 10.1 Å². The Hall–Kier alpha value is -0.600. The third-order valence-electron chi connectivity index (χ3n) is 2.13. The summed E-state index contributed by atoms with van der Waals surface area (Å²) in [6.45, 7) is 3.82. The molecule has 0 aliphatic rings. The third-order valence-corrected chi connectivity index (χ3v) is 3.88. The van der Waals surface area contributed by atoms with Crippen molar-refractivity contribution in [2.24, 2.45) is 0 Å². The Morgan fingerprint density at radius 2 is 2.00 bits per heavy atom. The lowest BCUT2D eigenvalue weighted by Crippen LogP contribution is -1.78. The summed E-state index contributed by atoms with van der Waals surface area (Å²) in [6, 6.07) is 3.08. The molecule has 0 atom stereocenters. The van der Waals surface area contributed by atoms with Gasteiger partial charge in [0.2, 0.25) is 0 Å². The van der Waals surface area contributed by atoms with Crippen molar-refractivity contribution >= 4 is 33.0 Å². The fourth-order valence-corrected chi connectivity index (χ4v) is 2.73. The smallest absolute Gasteiger partial charge is 0.124 e. The molecule has 0 spiro atoms. The lowest BCUT2D eigenvalue weighted by atomic mass is 10.1. The van der Waals surface area contributed by atoms with Gasteiger partial charge in [0.25, 0.3) is 0 Å². The first-order chi connectivity index (χ1) is 6.09. The zero-order valence-electron chi connectivity index (χ0n) is 7.32. The average Bonchev–Trinajstić information content (AvgIpc) is 2.32. The number of rotatable bonds is 0. The standard InChI is InChI=1S/C10H8ClFS/c1-5-3-7(12)4-8-6(2)10(11)13-9(5)8/h3-4H,1-2H3. The lowest BCUT2D eigenvalue weighted by Gasteiger charge is -1.96. The van der Waals surface area contributed by atoms with Gasteiger partial charge in [-0.25, -0.2) is 4.39 Å². The SMILES string of the molecule is Cc1c(Cl)sc2c(C)cc(F)cc12. The minimum absolute atomic E-state index is 0.192. The summed E-state index contributed by atoms with van der Waals surface area (Å²) < 4.78 is 14.9. The Morgan fingerprint density at radius 1 is 1.31 bits per heavy atom. The second-order valence-corrected chi connectivity index (χ2v) is 4.72. The highest BCUT2D eigenvalue weighted by Gasteiger charge is 2.09. The maximum Gasteiger partial charge on any atom is 0.124 e. The van der Waals surface area contributed by atoms with Crippen LogP contribution in [0, 0.1) is 19.7 Å². The zero-order chi connectivity index (χ0) is 9.59. The van der Waals surface area contributed by atoms with E-state index in [1.54, 1.807) is 6.07 Å². The quantitative estimate of drug-likeness (QED) is 0.613. The molecule has 0 fully saturated rings. The van der Waals surface area contributed by atoms with E-state index >= 15 is 0 Å². The monoisotopic (exact) mass is 214 g/mol. The van der Waals surface area contributed by atoms with Crippen LogP contribution in [-0.4, -0.2) is 0 Å². The van der Waals surface area contributed by atoms with E-state index in [-0.39, 0.29) is 5.82 Å². The van der Waals surface area contributed by atoms with E-state index in [2.05, 4.69) is 0 Å². The Kier molecular flexibility index (Phi) is 2.05. The summed E-state index contributed by atoms with van der Waals surface area (Å²) in [6.07, 6.45) is 0. The number of hydrogen-bond acceptors (Lipinski definition) is 1. The molecule has 2 rings (SSSR count). The fourth-order valence-electron chi connectivity index (χ4n) is 1.42. The molecule has 0 aliphatic heterocycles. The number of benzene rings is 1. The van der Waals surface area contributed by atoms with Crippen molar-refractivity contribution < 1.29 is 4.39 Å². The summed E-state index contributed by atoms with van der Waals surface area (Å²) >= 11 is 7.49. The molecule has 1 heterocycles.